The van der Waals surface area contributed by atoms with Crippen LogP contribution < -0.4 is 16.0 Å². The molecule has 9 nitrogen and oxygen atoms in total. The minimum atomic E-state index is -0.606. The van der Waals surface area contributed by atoms with Crippen molar-refractivity contribution in [2.75, 3.05) is 10.6 Å². The summed E-state index contributed by atoms with van der Waals surface area (Å²) in [5.41, 5.74) is 2.05. The number of thioether (sulfide) groups is 1. The fraction of sp³-hybridized carbons (Fsp3) is 0.0938. The Kier molecular flexibility index (Phi) is 10.8. The number of carbonyl (C=O) groups is 3. The summed E-state index contributed by atoms with van der Waals surface area (Å²) in [6.45, 7) is 3.47. The first-order chi connectivity index (χ1) is 21.0. The fourth-order valence-corrected chi connectivity index (χ4v) is 5.27. The van der Waals surface area contributed by atoms with Crippen molar-refractivity contribution in [2.24, 2.45) is 0 Å². The molecule has 12 heteroatoms. The van der Waals surface area contributed by atoms with Gasteiger partial charge in [-0.25, -0.2) is 0 Å². The van der Waals surface area contributed by atoms with Crippen molar-refractivity contribution in [1.29, 1.82) is 0 Å². The zero-order chi connectivity index (χ0) is 31.8. The molecule has 0 aliphatic carbocycles. The van der Waals surface area contributed by atoms with Crippen molar-refractivity contribution in [1.82, 2.24) is 5.32 Å². The second kappa shape index (κ2) is 14.7. The zero-order valence-corrected chi connectivity index (χ0v) is 25.8. The van der Waals surface area contributed by atoms with Gasteiger partial charge in [-0.2, -0.15) is 0 Å². The van der Waals surface area contributed by atoms with Gasteiger partial charge in [-0.05, 0) is 74.0 Å². The van der Waals surface area contributed by atoms with Gasteiger partial charge in [-0.15, -0.1) is 11.8 Å². The van der Waals surface area contributed by atoms with E-state index in [0.29, 0.717) is 38.1 Å². The van der Waals surface area contributed by atoms with E-state index in [1.54, 1.807) is 92.7 Å². The predicted molar refractivity (Wildman–Crippen MR) is 175 cm³/mol. The summed E-state index contributed by atoms with van der Waals surface area (Å²) < 4.78 is 0. The van der Waals surface area contributed by atoms with Gasteiger partial charge in [-0.1, -0.05) is 53.5 Å². The Morgan fingerprint density at radius 1 is 0.886 bits per heavy atom. The van der Waals surface area contributed by atoms with Crippen molar-refractivity contribution in [3.63, 3.8) is 0 Å². The number of aryl methyl sites for hydroxylation is 1. The standard InChI is InChI=1S/C32H26Cl2N4O5S/c1-19-11-14-23(38(42)43)17-28(19)36-30(39)20(2)44-24-15-12-22(13-16-24)35-32(41)29(18-25-26(33)9-6-10-27(25)34)37-31(40)21-7-4-3-5-8-21/h3-18,20H,1-2H3,(H,35,41)(H,36,39)(H,37,40)/b29-18-. The second-order valence-corrected chi connectivity index (χ2v) is 11.7. The van der Waals surface area contributed by atoms with Crippen molar-refractivity contribution in [3.05, 3.63) is 134 Å². The summed E-state index contributed by atoms with van der Waals surface area (Å²) in [4.78, 5) is 50.4. The van der Waals surface area contributed by atoms with Gasteiger partial charge in [0.2, 0.25) is 5.91 Å². The zero-order valence-electron chi connectivity index (χ0n) is 23.5. The Labute approximate surface area is 267 Å². The number of nitro groups is 1. The average Bonchev–Trinajstić information content (AvgIpc) is 3.00. The molecule has 4 aromatic carbocycles. The third-order valence-corrected chi connectivity index (χ3v) is 8.07. The van der Waals surface area contributed by atoms with Crippen molar-refractivity contribution in [2.45, 2.75) is 24.0 Å². The normalized spacial score (nSPS) is 11.8. The third kappa shape index (κ3) is 8.47. The van der Waals surface area contributed by atoms with Gasteiger partial charge in [0.1, 0.15) is 5.70 Å². The monoisotopic (exact) mass is 648 g/mol. The quantitative estimate of drug-likeness (QED) is 0.0698. The van der Waals surface area contributed by atoms with E-state index in [1.165, 1.54) is 30.0 Å². The molecule has 0 bridgehead atoms. The van der Waals surface area contributed by atoms with Gasteiger partial charge >= 0.3 is 0 Å². The number of benzene rings is 4. The average molecular weight is 650 g/mol. The lowest BCUT2D eigenvalue weighted by Crippen LogP contribution is -2.30. The van der Waals surface area contributed by atoms with Gasteiger partial charge in [0.15, 0.2) is 0 Å². The number of hydrogen-bond donors (Lipinski definition) is 3. The molecule has 0 spiro atoms. The van der Waals surface area contributed by atoms with Crippen LogP contribution in [-0.2, 0) is 9.59 Å². The summed E-state index contributed by atoms with van der Waals surface area (Å²) in [7, 11) is 0. The van der Waals surface area contributed by atoms with Crippen LogP contribution in [0.3, 0.4) is 0 Å². The van der Waals surface area contributed by atoms with Crippen LogP contribution in [0.4, 0.5) is 17.1 Å². The second-order valence-electron chi connectivity index (χ2n) is 9.50. The summed E-state index contributed by atoms with van der Waals surface area (Å²) in [5, 5.41) is 19.3. The van der Waals surface area contributed by atoms with E-state index >= 15 is 0 Å². The van der Waals surface area contributed by atoms with E-state index in [0.717, 1.165) is 4.90 Å². The number of halogens is 2. The molecule has 4 rings (SSSR count). The van der Waals surface area contributed by atoms with Gasteiger partial charge in [-0.3, -0.25) is 24.5 Å². The predicted octanol–water partition coefficient (Wildman–Crippen LogP) is 7.74. The molecule has 0 saturated heterocycles. The summed E-state index contributed by atoms with van der Waals surface area (Å²) >= 11 is 13.9. The number of amides is 3. The molecule has 0 aliphatic heterocycles. The number of anilines is 2. The van der Waals surface area contributed by atoms with E-state index < -0.39 is 22.0 Å². The smallest absolute Gasteiger partial charge is 0.272 e. The molecule has 224 valence electrons. The van der Waals surface area contributed by atoms with E-state index in [9.17, 15) is 24.5 Å². The molecule has 0 fully saturated rings. The van der Waals surface area contributed by atoms with Gasteiger partial charge in [0, 0.05) is 43.9 Å². The maximum Gasteiger partial charge on any atom is 0.272 e. The molecule has 0 aliphatic rings. The first kappa shape index (κ1) is 32.3. The highest BCUT2D eigenvalue weighted by Crippen LogP contribution is 2.29. The van der Waals surface area contributed by atoms with Crippen LogP contribution in [0.5, 0.6) is 0 Å². The maximum absolute atomic E-state index is 13.3. The number of nitro benzene ring substituents is 1. The number of non-ortho nitro benzene ring substituents is 1. The lowest BCUT2D eigenvalue weighted by atomic mass is 10.1. The van der Waals surface area contributed by atoms with Crippen molar-refractivity contribution >= 4 is 75.8 Å². The molecule has 44 heavy (non-hydrogen) atoms. The van der Waals surface area contributed by atoms with E-state index in [1.807, 2.05) is 0 Å². The lowest BCUT2D eigenvalue weighted by Gasteiger charge is -2.14. The summed E-state index contributed by atoms with van der Waals surface area (Å²) in [6.07, 6.45) is 1.41. The van der Waals surface area contributed by atoms with Crippen molar-refractivity contribution in [3.8, 4) is 0 Å². The Balaban J connectivity index is 1.46. The largest absolute Gasteiger partial charge is 0.325 e. The van der Waals surface area contributed by atoms with Gasteiger partial charge < -0.3 is 16.0 Å². The number of nitrogens with one attached hydrogen (secondary N) is 3. The van der Waals surface area contributed by atoms with Crippen LogP contribution in [0.25, 0.3) is 6.08 Å². The van der Waals surface area contributed by atoms with Crippen LogP contribution in [0.15, 0.2) is 102 Å². The fourth-order valence-electron chi connectivity index (χ4n) is 3.90. The molecule has 1 unspecified atom stereocenters. The highest BCUT2D eigenvalue weighted by molar-refractivity contribution is 8.00. The molecule has 0 saturated carbocycles. The third-order valence-electron chi connectivity index (χ3n) is 6.30. The van der Waals surface area contributed by atoms with E-state index in [2.05, 4.69) is 16.0 Å². The minimum absolute atomic E-state index is 0.0750. The summed E-state index contributed by atoms with van der Waals surface area (Å²) in [6, 6.07) is 24.4. The highest BCUT2D eigenvalue weighted by atomic mass is 35.5. The topological polar surface area (TPSA) is 130 Å². The number of nitrogens with zero attached hydrogens (tertiary/aromatic N) is 1. The minimum Gasteiger partial charge on any atom is -0.325 e. The maximum atomic E-state index is 13.3. The first-order valence-electron chi connectivity index (χ1n) is 13.2. The van der Waals surface area contributed by atoms with Crippen LogP contribution in [-0.4, -0.2) is 27.9 Å². The molecular formula is C32H26Cl2N4O5S. The van der Waals surface area contributed by atoms with Crippen LogP contribution >= 0.6 is 35.0 Å². The molecule has 0 radical (unpaired) electrons. The molecule has 4 aromatic rings. The molecular weight excluding hydrogens is 623 g/mol. The molecule has 3 N–H and O–H groups in total. The Morgan fingerprint density at radius 2 is 1.55 bits per heavy atom. The SMILES string of the molecule is Cc1ccc([N+](=O)[O-])cc1NC(=O)C(C)Sc1ccc(NC(=O)/C(=C/c2c(Cl)cccc2Cl)NC(=O)c2ccccc2)cc1. The Hall–Kier alpha value is -4.64. The first-order valence-corrected chi connectivity index (χ1v) is 14.8. The van der Waals surface area contributed by atoms with E-state index in [4.69, 9.17) is 23.2 Å². The number of hydrogen-bond acceptors (Lipinski definition) is 6. The number of rotatable bonds is 10. The van der Waals surface area contributed by atoms with Crippen LogP contribution in [0, 0.1) is 17.0 Å². The van der Waals surface area contributed by atoms with E-state index in [-0.39, 0.29) is 17.3 Å². The molecule has 0 aromatic heterocycles. The number of carbonyl (C=O) groups excluding carboxylic acids is 3. The van der Waals surface area contributed by atoms with Crippen LogP contribution in [0.1, 0.15) is 28.4 Å². The van der Waals surface area contributed by atoms with Gasteiger partial charge in [0.05, 0.1) is 15.9 Å². The Bertz CT molecular complexity index is 1730. The van der Waals surface area contributed by atoms with Crippen molar-refractivity contribution < 1.29 is 19.3 Å². The molecule has 0 heterocycles. The lowest BCUT2D eigenvalue weighted by molar-refractivity contribution is -0.384. The van der Waals surface area contributed by atoms with Gasteiger partial charge in [0.25, 0.3) is 17.5 Å². The Morgan fingerprint density at radius 3 is 2.18 bits per heavy atom. The summed E-state index contributed by atoms with van der Waals surface area (Å²) in [5.74, 6) is -1.42. The molecule has 3 amide bonds. The molecule has 1 atom stereocenters. The highest BCUT2D eigenvalue weighted by Gasteiger charge is 2.19. The van der Waals surface area contributed by atoms with Crippen LogP contribution in [0.2, 0.25) is 10.0 Å².